The van der Waals surface area contributed by atoms with Crippen molar-refractivity contribution in [2.75, 3.05) is 7.11 Å². The van der Waals surface area contributed by atoms with Crippen molar-refractivity contribution in [3.8, 4) is 11.8 Å². The van der Waals surface area contributed by atoms with Crippen LogP contribution in [0.1, 0.15) is 19.4 Å². The molecule has 1 aromatic carbocycles. The first-order chi connectivity index (χ1) is 10.9. The number of rotatable bonds is 4. The molecule has 1 aromatic heterocycles. The van der Waals surface area contributed by atoms with Gasteiger partial charge in [0, 0.05) is 17.0 Å². The fraction of sp³-hybridized carbons (Fsp3) is 0.235. The molecule has 5 nitrogen and oxygen atoms in total. The van der Waals surface area contributed by atoms with Gasteiger partial charge in [0.15, 0.2) is 0 Å². The SMILES string of the molecule is COc1ccc2nc(Cl)c(/C=C(\C#N)C(=O)NC(C)C)cc2c1. The lowest BCUT2D eigenvalue weighted by Crippen LogP contribution is -2.30. The predicted molar refractivity (Wildman–Crippen MR) is 90.2 cm³/mol. The van der Waals surface area contributed by atoms with Crippen LogP contribution in [0.3, 0.4) is 0 Å². The molecular formula is C17H16ClN3O2. The fourth-order valence-electron chi connectivity index (χ4n) is 2.02. The number of nitrogens with zero attached hydrogens (tertiary/aromatic N) is 2. The molecule has 0 aliphatic heterocycles. The second kappa shape index (κ2) is 7.12. The zero-order valence-electron chi connectivity index (χ0n) is 13.1. The van der Waals surface area contributed by atoms with Gasteiger partial charge in [0.1, 0.15) is 22.5 Å². The number of nitriles is 1. The molecule has 2 aromatic rings. The summed E-state index contributed by atoms with van der Waals surface area (Å²) in [6, 6.07) is 9.00. The summed E-state index contributed by atoms with van der Waals surface area (Å²) in [7, 11) is 1.58. The number of carbonyl (C=O) groups excluding carboxylic acids is 1. The van der Waals surface area contributed by atoms with Crippen LogP contribution in [0.5, 0.6) is 5.75 Å². The van der Waals surface area contributed by atoms with E-state index < -0.39 is 5.91 Å². The second-order valence-corrected chi connectivity index (χ2v) is 5.58. The first kappa shape index (κ1) is 16.8. The maximum Gasteiger partial charge on any atom is 0.262 e. The molecule has 0 atom stereocenters. The highest BCUT2D eigenvalue weighted by Gasteiger charge is 2.12. The van der Waals surface area contributed by atoms with Crippen molar-refractivity contribution >= 4 is 34.5 Å². The first-order valence-electron chi connectivity index (χ1n) is 7.01. The number of hydrogen-bond donors (Lipinski definition) is 1. The molecule has 0 saturated heterocycles. The second-order valence-electron chi connectivity index (χ2n) is 5.23. The minimum absolute atomic E-state index is 0.0235. The molecule has 0 radical (unpaired) electrons. The molecule has 0 aliphatic rings. The molecule has 0 saturated carbocycles. The number of aromatic nitrogens is 1. The highest BCUT2D eigenvalue weighted by Crippen LogP contribution is 2.25. The molecule has 118 valence electrons. The van der Waals surface area contributed by atoms with Crippen LogP contribution >= 0.6 is 11.6 Å². The molecule has 23 heavy (non-hydrogen) atoms. The minimum atomic E-state index is -0.440. The molecule has 1 amide bonds. The van der Waals surface area contributed by atoms with Crippen molar-refractivity contribution < 1.29 is 9.53 Å². The van der Waals surface area contributed by atoms with Crippen molar-refractivity contribution in [2.24, 2.45) is 0 Å². The van der Waals surface area contributed by atoms with Gasteiger partial charge in [0.05, 0.1) is 12.6 Å². The maximum absolute atomic E-state index is 12.0. The maximum atomic E-state index is 12.0. The van der Waals surface area contributed by atoms with Crippen molar-refractivity contribution in [3.05, 3.63) is 40.6 Å². The molecule has 0 spiro atoms. The highest BCUT2D eigenvalue weighted by molar-refractivity contribution is 6.31. The van der Waals surface area contributed by atoms with E-state index in [-0.39, 0.29) is 16.8 Å². The van der Waals surface area contributed by atoms with Gasteiger partial charge in [-0.2, -0.15) is 5.26 Å². The molecule has 0 fully saturated rings. The number of nitrogens with one attached hydrogen (secondary N) is 1. The van der Waals surface area contributed by atoms with Gasteiger partial charge in [-0.15, -0.1) is 0 Å². The topological polar surface area (TPSA) is 75.0 Å². The Morgan fingerprint density at radius 3 is 2.78 bits per heavy atom. The molecule has 0 aliphatic carbocycles. The number of fused-ring (bicyclic) bond motifs is 1. The van der Waals surface area contributed by atoms with Crippen LogP contribution < -0.4 is 10.1 Å². The highest BCUT2D eigenvalue weighted by atomic mass is 35.5. The van der Waals surface area contributed by atoms with Crippen LogP contribution in [0, 0.1) is 11.3 Å². The van der Waals surface area contributed by atoms with Gasteiger partial charge in [-0.25, -0.2) is 4.98 Å². The Bertz CT molecular complexity index is 822. The van der Waals surface area contributed by atoms with Crippen molar-refractivity contribution in [3.63, 3.8) is 0 Å². The molecule has 1 heterocycles. The Balaban J connectivity index is 2.49. The van der Waals surface area contributed by atoms with Crippen molar-refractivity contribution in [2.45, 2.75) is 19.9 Å². The largest absolute Gasteiger partial charge is 0.497 e. The Kier molecular flexibility index (Phi) is 5.20. The fourth-order valence-corrected chi connectivity index (χ4v) is 2.22. The first-order valence-corrected chi connectivity index (χ1v) is 7.39. The Labute approximate surface area is 139 Å². The average Bonchev–Trinajstić information content (AvgIpc) is 2.51. The van der Waals surface area contributed by atoms with Crippen LogP contribution in [0.25, 0.3) is 17.0 Å². The van der Waals surface area contributed by atoms with E-state index >= 15 is 0 Å². The van der Waals surface area contributed by atoms with Crippen LogP contribution in [-0.2, 0) is 4.79 Å². The summed E-state index contributed by atoms with van der Waals surface area (Å²) in [5, 5.41) is 12.9. The number of pyridine rings is 1. The number of benzene rings is 1. The van der Waals surface area contributed by atoms with E-state index in [0.29, 0.717) is 16.8 Å². The lowest BCUT2D eigenvalue weighted by atomic mass is 10.1. The van der Waals surface area contributed by atoms with Crippen LogP contribution in [0.2, 0.25) is 5.15 Å². The molecule has 2 rings (SSSR count). The lowest BCUT2D eigenvalue weighted by molar-refractivity contribution is -0.117. The van der Waals surface area contributed by atoms with E-state index in [1.165, 1.54) is 6.08 Å². The smallest absolute Gasteiger partial charge is 0.262 e. The summed E-state index contributed by atoms with van der Waals surface area (Å²) in [6.45, 7) is 3.65. The van der Waals surface area contributed by atoms with E-state index in [2.05, 4.69) is 10.3 Å². The van der Waals surface area contributed by atoms with Gasteiger partial charge < -0.3 is 10.1 Å². The third-order valence-electron chi connectivity index (χ3n) is 3.09. The van der Waals surface area contributed by atoms with E-state index in [9.17, 15) is 10.1 Å². The normalized spacial score (nSPS) is 11.4. The Hall–Kier alpha value is -2.58. The van der Waals surface area contributed by atoms with Crippen molar-refractivity contribution in [1.29, 1.82) is 5.26 Å². The minimum Gasteiger partial charge on any atom is -0.497 e. The average molecular weight is 330 g/mol. The van der Waals surface area contributed by atoms with Gasteiger partial charge in [0.2, 0.25) is 0 Å². The van der Waals surface area contributed by atoms with E-state index in [4.69, 9.17) is 16.3 Å². The monoisotopic (exact) mass is 329 g/mol. The summed E-state index contributed by atoms with van der Waals surface area (Å²) < 4.78 is 5.18. The molecule has 0 unspecified atom stereocenters. The number of methoxy groups -OCH3 is 1. The summed E-state index contributed by atoms with van der Waals surface area (Å²) in [4.78, 5) is 16.3. The third-order valence-corrected chi connectivity index (χ3v) is 3.39. The van der Waals surface area contributed by atoms with Gasteiger partial charge >= 0.3 is 0 Å². The molecule has 0 bridgehead atoms. The molecular weight excluding hydrogens is 314 g/mol. The van der Waals surface area contributed by atoms with E-state index in [1.807, 2.05) is 26.0 Å². The van der Waals surface area contributed by atoms with Crippen LogP contribution in [0.4, 0.5) is 0 Å². The summed E-state index contributed by atoms with van der Waals surface area (Å²) in [5.74, 6) is 0.249. The summed E-state index contributed by atoms with van der Waals surface area (Å²) in [6.07, 6.45) is 1.44. The van der Waals surface area contributed by atoms with Crippen LogP contribution in [0.15, 0.2) is 29.8 Å². The van der Waals surface area contributed by atoms with E-state index in [1.54, 1.807) is 25.3 Å². The standard InChI is InChI=1S/C17H16ClN3O2/c1-10(2)20-17(22)13(9-19)7-12-6-11-8-14(23-3)4-5-15(11)21-16(12)18/h4-8,10H,1-3H3,(H,20,22)/b13-7+. The number of hydrogen-bond acceptors (Lipinski definition) is 4. The lowest BCUT2D eigenvalue weighted by Gasteiger charge is -2.08. The number of carbonyl (C=O) groups is 1. The summed E-state index contributed by atoms with van der Waals surface area (Å²) >= 11 is 6.16. The van der Waals surface area contributed by atoms with Gasteiger partial charge in [-0.1, -0.05) is 11.6 Å². The van der Waals surface area contributed by atoms with Gasteiger partial charge in [0.25, 0.3) is 5.91 Å². The molecule has 6 heteroatoms. The number of amides is 1. The zero-order chi connectivity index (χ0) is 17.0. The van der Waals surface area contributed by atoms with Gasteiger partial charge in [-0.3, -0.25) is 4.79 Å². The number of ether oxygens (including phenoxy) is 1. The number of halogens is 1. The Morgan fingerprint density at radius 1 is 1.43 bits per heavy atom. The predicted octanol–water partition coefficient (Wildman–Crippen LogP) is 3.33. The zero-order valence-corrected chi connectivity index (χ0v) is 13.8. The van der Waals surface area contributed by atoms with Crippen LogP contribution in [-0.4, -0.2) is 24.0 Å². The summed E-state index contributed by atoms with van der Waals surface area (Å²) in [5.41, 5.74) is 1.19. The Morgan fingerprint density at radius 2 is 2.17 bits per heavy atom. The quantitative estimate of drug-likeness (QED) is 0.530. The van der Waals surface area contributed by atoms with Gasteiger partial charge in [-0.05, 0) is 44.2 Å². The van der Waals surface area contributed by atoms with Crippen molar-refractivity contribution in [1.82, 2.24) is 10.3 Å². The third kappa shape index (κ3) is 3.99. The van der Waals surface area contributed by atoms with E-state index in [0.717, 1.165) is 5.39 Å². The molecule has 1 N–H and O–H groups in total.